The Bertz CT molecular complexity index is 306. The fourth-order valence-corrected chi connectivity index (χ4v) is 3.27. The average Bonchev–Trinajstić information content (AvgIpc) is 2.78. The smallest absolute Gasteiger partial charge is 0.0604 e. The summed E-state index contributed by atoms with van der Waals surface area (Å²) in [5.41, 5.74) is 0. The van der Waals surface area contributed by atoms with E-state index in [1.807, 2.05) is 11.3 Å². The van der Waals surface area contributed by atoms with Crippen LogP contribution in [0.25, 0.3) is 0 Å². The Morgan fingerprint density at radius 2 is 2.29 bits per heavy atom. The Kier molecular flexibility index (Phi) is 5.01. The highest BCUT2D eigenvalue weighted by atomic mass is 32.1. The minimum absolute atomic E-state index is 0.503. The molecule has 1 heterocycles. The SMILES string of the molecule is CCCC(NC1CC(OCC)C1)c1cccs1. The van der Waals surface area contributed by atoms with Crippen LogP contribution in [0.15, 0.2) is 17.5 Å². The Balaban J connectivity index is 1.79. The predicted molar refractivity (Wildman–Crippen MR) is 73.5 cm³/mol. The second-order valence-electron chi connectivity index (χ2n) is 4.77. The molecule has 1 N–H and O–H groups in total. The van der Waals surface area contributed by atoms with Gasteiger partial charge in [-0.3, -0.25) is 0 Å². The van der Waals surface area contributed by atoms with Gasteiger partial charge >= 0.3 is 0 Å². The molecule has 96 valence electrons. The van der Waals surface area contributed by atoms with E-state index in [2.05, 4.69) is 36.7 Å². The van der Waals surface area contributed by atoms with Crippen molar-refractivity contribution in [3.05, 3.63) is 22.4 Å². The molecular formula is C14H23NOS. The topological polar surface area (TPSA) is 21.3 Å². The predicted octanol–water partition coefficient (Wildman–Crippen LogP) is 3.75. The fourth-order valence-electron chi connectivity index (χ4n) is 2.44. The Hall–Kier alpha value is -0.380. The van der Waals surface area contributed by atoms with E-state index in [1.54, 1.807) is 0 Å². The maximum Gasteiger partial charge on any atom is 0.0604 e. The van der Waals surface area contributed by atoms with Crippen molar-refractivity contribution in [2.45, 2.75) is 57.7 Å². The summed E-state index contributed by atoms with van der Waals surface area (Å²) in [6.07, 6.45) is 5.33. The quantitative estimate of drug-likeness (QED) is 0.799. The van der Waals surface area contributed by atoms with Crippen molar-refractivity contribution >= 4 is 11.3 Å². The molecule has 2 rings (SSSR count). The van der Waals surface area contributed by atoms with Gasteiger partial charge in [0.1, 0.15) is 0 Å². The molecule has 1 saturated carbocycles. The van der Waals surface area contributed by atoms with Gasteiger partial charge in [-0.1, -0.05) is 19.4 Å². The molecule has 1 fully saturated rings. The monoisotopic (exact) mass is 253 g/mol. The van der Waals surface area contributed by atoms with Gasteiger partial charge in [0.15, 0.2) is 0 Å². The van der Waals surface area contributed by atoms with E-state index in [-0.39, 0.29) is 0 Å². The van der Waals surface area contributed by atoms with Crippen LogP contribution in [0.5, 0.6) is 0 Å². The van der Waals surface area contributed by atoms with E-state index in [4.69, 9.17) is 4.74 Å². The van der Waals surface area contributed by atoms with Crippen molar-refractivity contribution in [2.24, 2.45) is 0 Å². The third-order valence-corrected chi connectivity index (χ3v) is 4.38. The van der Waals surface area contributed by atoms with Gasteiger partial charge in [0.05, 0.1) is 6.10 Å². The summed E-state index contributed by atoms with van der Waals surface area (Å²) in [4.78, 5) is 1.48. The lowest BCUT2D eigenvalue weighted by atomic mass is 9.88. The minimum atomic E-state index is 0.503. The molecule has 0 saturated heterocycles. The lowest BCUT2D eigenvalue weighted by Gasteiger charge is -2.38. The maximum atomic E-state index is 5.60. The molecular weight excluding hydrogens is 230 g/mol. The number of ether oxygens (including phenoxy) is 1. The highest BCUT2D eigenvalue weighted by Crippen LogP contribution is 2.29. The second-order valence-corrected chi connectivity index (χ2v) is 5.75. The first-order chi connectivity index (χ1) is 8.33. The Morgan fingerprint density at radius 1 is 1.47 bits per heavy atom. The number of thiophene rings is 1. The summed E-state index contributed by atoms with van der Waals surface area (Å²) in [7, 11) is 0. The van der Waals surface area contributed by atoms with Crippen LogP contribution in [0.3, 0.4) is 0 Å². The maximum absolute atomic E-state index is 5.60. The molecule has 1 aromatic rings. The molecule has 17 heavy (non-hydrogen) atoms. The van der Waals surface area contributed by atoms with Gasteiger partial charge in [0, 0.05) is 23.6 Å². The van der Waals surface area contributed by atoms with Gasteiger partial charge in [-0.05, 0) is 37.6 Å². The summed E-state index contributed by atoms with van der Waals surface area (Å²) in [6.45, 7) is 5.18. The summed E-state index contributed by atoms with van der Waals surface area (Å²) in [6, 6.07) is 5.60. The van der Waals surface area contributed by atoms with Crippen molar-refractivity contribution in [1.29, 1.82) is 0 Å². The van der Waals surface area contributed by atoms with Crippen molar-refractivity contribution in [3.63, 3.8) is 0 Å². The second kappa shape index (κ2) is 6.53. The van der Waals surface area contributed by atoms with Gasteiger partial charge in [-0.15, -0.1) is 11.3 Å². The lowest BCUT2D eigenvalue weighted by molar-refractivity contribution is -0.0126. The molecule has 1 aromatic heterocycles. The molecule has 1 unspecified atom stereocenters. The summed E-state index contributed by atoms with van der Waals surface area (Å²) >= 11 is 1.86. The van der Waals surface area contributed by atoms with Gasteiger partial charge in [-0.25, -0.2) is 0 Å². The first kappa shape index (κ1) is 13.1. The number of rotatable bonds is 7. The zero-order chi connectivity index (χ0) is 12.1. The molecule has 1 aliphatic rings. The van der Waals surface area contributed by atoms with Crippen molar-refractivity contribution in [2.75, 3.05) is 6.61 Å². The van der Waals surface area contributed by atoms with Crippen LogP contribution in [0.1, 0.15) is 50.4 Å². The highest BCUT2D eigenvalue weighted by molar-refractivity contribution is 7.10. The molecule has 0 amide bonds. The largest absolute Gasteiger partial charge is 0.378 e. The van der Waals surface area contributed by atoms with Crippen LogP contribution in [0, 0.1) is 0 Å². The minimum Gasteiger partial charge on any atom is -0.378 e. The first-order valence-electron chi connectivity index (χ1n) is 6.74. The van der Waals surface area contributed by atoms with Crippen LogP contribution >= 0.6 is 11.3 Å². The van der Waals surface area contributed by atoms with Gasteiger partial charge in [0.2, 0.25) is 0 Å². The number of hydrogen-bond donors (Lipinski definition) is 1. The van der Waals surface area contributed by atoms with Crippen LogP contribution in [-0.2, 0) is 4.74 Å². The molecule has 1 aliphatic carbocycles. The normalized spacial score (nSPS) is 25.5. The summed E-state index contributed by atoms with van der Waals surface area (Å²) in [5, 5.41) is 5.95. The molecule has 0 radical (unpaired) electrons. The fraction of sp³-hybridized carbons (Fsp3) is 0.714. The molecule has 1 atom stereocenters. The van der Waals surface area contributed by atoms with E-state index >= 15 is 0 Å². The van der Waals surface area contributed by atoms with Crippen LogP contribution in [0.4, 0.5) is 0 Å². The Morgan fingerprint density at radius 3 is 2.88 bits per heavy atom. The van der Waals surface area contributed by atoms with Crippen molar-refractivity contribution in [1.82, 2.24) is 5.32 Å². The standard InChI is InChI=1S/C14H23NOS/c1-3-6-13(14-7-5-8-17-14)15-11-9-12(10-11)16-4-2/h5,7-8,11-13,15H,3-4,6,9-10H2,1-2H3. The molecule has 0 aromatic carbocycles. The third kappa shape index (κ3) is 3.54. The first-order valence-corrected chi connectivity index (χ1v) is 7.62. The van der Waals surface area contributed by atoms with E-state index in [0.29, 0.717) is 18.2 Å². The van der Waals surface area contributed by atoms with Gasteiger partial charge in [-0.2, -0.15) is 0 Å². The lowest BCUT2D eigenvalue weighted by Crippen LogP contribution is -2.46. The summed E-state index contributed by atoms with van der Waals surface area (Å²) in [5.74, 6) is 0. The van der Waals surface area contributed by atoms with E-state index in [9.17, 15) is 0 Å². The Labute approximate surface area is 108 Å². The number of hydrogen-bond acceptors (Lipinski definition) is 3. The van der Waals surface area contributed by atoms with Crippen LogP contribution in [0.2, 0.25) is 0 Å². The molecule has 3 heteroatoms. The van der Waals surface area contributed by atoms with Crippen molar-refractivity contribution in [3.8, 4) is 0 Å². The van der Waals surface area contributed by atoms with Crippen molar-refractivity contribution < 1.29 is 4.74 Å². The molecule has 2 nitrogen and oxygen atoms in total. The van der Waals surface area contributed by atoms with Crippen LogP contribution < -0.4 is 5.32 Å². The molecule has 0 aliphatic heterocycles. The number of nitrogens with one attached hydrogen (secondary N) is 1. The third-order valence-electron chi connectivity index (χ3n) is 3.40. The molecule has 0 spiro atoms. The van der Waals surface area contributed by atoms with Gasteiger partial charge in [0.25, 0.3) is 0 Å². The zero-order valence-corrected chi connectivity index (χ0v) is 11.6. The molecule has 0 bridgehead atoms. The van der Waals surface area contributed by atoms with Gasteiger partial charge < -0.3 is 10.1 Å². The summed E-state index contributed by atoms with van der Waals surface area (Å²) < 4.78 is 5.60. The van der Waals surface area contributed by atoms with E-state index in [1.165, 1.54) is 30.6 Å². The highest BCUT2D eigenvalue weighted by Gasteiger charge is 2.31. The zero-order valence-electron chi connectivity index (χ0n) is 10.8. The van der Waals surface area contributed by atoms with E-state index < -0.39 is 0 Å². The average molecular weight is 253 g/mol. The van der Waals surface area contributed by atoms with Crippen LogP contribution in [-0.4, -0.2) is 18.8 Å². The van der Waals surface area contributed by atoms with E-state index in [0.717, 1.165) is 6.61 Å².